The van der Waals surface area contributed by atoms with E-state index in [0.717, 1.165) is 32.7 Å². The topological polar surface area (TPSA) is 89.1 Å². The van der Waals surface area contributed by atoms with Crippen molar-refractivity contribution >= 4 is 28.1 Å². The van der Waals surface area contributed by atoms with Gasteiger partial charge in [0.05, 0.1) is 23.7 Å². The van der Waals surface area contributed by atoms with Crippen molar-refractivity contribution in [1.29, 1.82) is 0 Å². The number of hydrogen-bond acceptors (Lipinski definition) is 5. The quantitative estimate of drug-likeness (QED) is 0.220. The monoisotopic (exact) mass is 417 g/mol. The summed E-state index contributed by atoms with van der Waals surface area (Å²) in [7, 11) is 0. The zero-order valence-electron chi connectivity index (χ0n) is 16.3. The lowest BCUT2D eigenvalue weighted by Crippen LogP contribution is -2.18. The predicted molar refractivity (Wildman–Crippen MR) is 118 cm³/mol. The average Bonchev–Trinajstić information content (AvgIpc) is 3.32. The number of aryl methyl sites for hydroxylation is 1. The van der Waals surface area contributed by atoms with Crippen molar-refractivity contribution in [2.45, 2.75) is 19.9 Å². The Labute approximate surface area is 176 Å². The average molecular weight is 417 g/mol. The Morgan fingerprint density at radius 3 is 3.07 bits per heavy atom. The molecule has 3 aromatic heterocycles. The normalized spacial score (nSPS) is 11.7. The number of fused-ring (bicyclic) bond motifs is 1. The lowest BCUT2D eigenvalue weighted by atomic mass is 10.1. The molecule has 0 fully saturated rings. The van der Waals surface area contributed by atoms with E-state index in [-0.39, 0.29) is 10.6 Å². The zero-order valence-corrected chi connectivity index (χ0v) is 17.1. The maximum atomic E-state index is 11.6. The third kappa shape index (κ3) is 3.75. The van der Waals surface area contributed by atoms with E-state index in [2.05, 4.69) is 20.9 Å². The molecule has 4 aromatic rings. The Kier molecular flexibility index (Phi) is 5.46. The molecule has 1 aromatic carbocycles. The first-order valence-corrected chi connectivity index (χ1v) is 10.2. The molecule has 30 heavy (non-hydrogen) atoms. The number of pyridine rings is 1. The Bertz CT molecular complexity index is 1340. The van der Waals surface area contributed by atoms with Crippen molar-refractivity contribution in [2.75, 3.05) is 6.54 Å². The van der Waals surface area contributed by atoms with Crippen molar-refractivity contribution in [3.8, 4) is 23.6 Å². The van der Waals surface area contributed by atoms with Gasteiger partial charge in [0.1, 0.15) is 5.65 Å². The zero-order chi connectivity index (χ0) is 21.1. The van der Waals surface area contributed by atoms with E-state index in [9.17, 15) is 10.1 Å². The van der Waals surface area contributed by atoms with Crippen LogP contribution in [0.5, 0.6) is 0 Å². The van der Waals surface area contributed by atoms with Gasteiger partial charge in [0, 0.05) is 46.8 Å². The van der Waals surface area contributed by atoms with Gasteiger partial charge >= 0.3 is 0 Å². The first kappa shape index (κ1) is 19.6. The summed E-state index contributed by atoms with van der Waals surface area (Å²) in [6.07, 6.45) is 9.55. The highest BCUT2D eigenvalue weighted by molar-refractivity contribution is 7.07. The van der Waals surface area contributed by atoms with Crippen LogP contribution >= 0.6 is 11.3 Å². The molecule has 0 aliphatic rings. The SMILES string of the molecule is C#CCCN=c1scc(-c2c[nH]c3ncccc23)n1Cc1cc(C)ccc1[N+](=O)[O-]. The van der Waals surface area contributed by atoms with Gasteiger partial charge in [-0.2, -0.15) is 0 Å². The summed E-state index contributed by atoms with van der Waals surface area (Å²) >= 11 is 1.49. The molecule has 0 spiro atoms. The number of terminal acetylenes is 1. The summed E-state index contributed by atoms with van der Waals surface area (Å²) in [5.74, 6) is 2.60. The van der Waals surface area contributed by atoms with Crippen molar-refractivity contribution in [2.24, 2.45) is 4.99 Å². The molecule has 0 atom stereocenters. The van der Waals surface area contributed by atoms with Crippen molar-refractivity contribution in [1.82, 2.24) is 14.5 Å². The second-order valence-electron chi connectivity index (χ2n) is 6.82. The molecule has 1 N–H and O–H groups in total. The predicted octanol–water partition coefficient (Wildman–Crippen LogP) is 4.28. The lowest BCUT2D eigenvalue weighted by molar-refractivity contribution is -0.385. The van der Waals surface area contributed by atoms with Crippen LogP contribution in [0.2, 0.25) is 0 Å². The molecule has 150 valence electrons. The molecule has 0 saturated carbocycles. The second-order valence-corrected chi connectivity index (χ2v) is 7.65. The van der Waals surface area contributed by atoms with Gasteiger partial charge in [0.2, 0.25) is 0 Å². The van der Waals surface area contributed by atoms with E-state index in [1.807, 2.05) is 41.3 Å². The summed E-state index contributed by atoms with van der Waals surface area (Å²) in [5.41, 5.74) is 4.39. The number of hydrogen-bond donors (Lipinski definition) is 1. The molecule has 0 radical (unpaired) electrons. The smallest absolute Gasteiger partial charge is 0.274 e. The van der Waals surface area contributed by atoms with Gasteiger partial charge in [0.25, 0.3) is 5.69 Å². The Morgan fingerprint density at radius 2 is 2.27 bits per heavy atom. The molecule has 7 nitrogen and oxygen atoms in total. The van der Waals surface area contributed by atoms with E-state index in [1.54, 1.807) is 18.3 Å². The largest absolute Gasteiger partial charge is 0.345 e. The Morgan fingerprint density at radius 1 is 1.40 bits per heavy atom. The number of nitrogens with zero attached hydrogens (tertiary/aromatic N) is 4. The molecule has 0 unspecified atom stereocenters. The summed E-state index contributed by atoms with van der Waals surface area (Å²) in [5, 5.41) is 14.6. The van der Waals surface area contributed by atoms with Crippen LogP contribution < -0.4 is 4.80 Å². The highest BCUT2D eigenvalue weighted by Gasteiger charge is 2.18. The maximum absolute atomic E-state index is 11.6. The molecule has 0 bridgehead atoms. The van der Waals surface area contributed by atoms with E-state index in [0.29, 0.717) is 25.1 Å². The fraction of sp³-hybridized carbons (Fsp3) is 0.182. The summed E-state index contributed by atoms with van der Waals surface area (Å²) in [6.45, 7) is 2.76. The van der Waals surface area contributed by atoms with Crippen LogP contribution in [0.4, 0.5) is 5.69 Å². The molecule has 4 rings (SSSR count). The van der Waals surface area contributed by atoms with E-state index in [4.69, 9.17) is 6.42 Å². The van der Waals surface area contributed by atoms with Crippen molar-refractivity contribution < 1.29 is 4.92 Å². The number of aromatic amines is 1. The van der Waals surface area contributed by atoms with Gasteiger partial charge in [-0.05, 0) is 25.1 Å². The Hall–Kier alpha value is -3.70. The number of nitro groups is 1. The van der Waals surface area contributed by atoms with Gasteiger partial charge in [-0.25, -0.2) is 4.98 Å². The molecule has 0 saturated heterocycles. The summed E-state index contributed by atoms with van der Waals surface area (Å²) in [6, 6.07) is 9.06. The van der Waals surface area contributed by atoms with Gasteiger partial charge < -0.3 is 9.55 Å². The molecule has 3 heterocycles. The first-order chi connectivity index (χ1) is 14.6. The third-order valence-corrected chi connectivity index (χ3v) is 5.69. The lowest BCUT2D eigenvalue weighted by Gasteiger charge is -2.10. The van der Waals surface area contributed by atoms with Crippen molar-refractivity contribution in [3.63, 3.8) is 0 Å². The number of rotatable bonds is 6. The minimum atomic E-state index is -0.341. The molecule has 0 amide bonds. The van der Waals surface area contributed by atoms with E-state index in [1.165, 1.54) is 11.3 Å². The van der Waals surface area contributed by atoms with Crippen LogP contribution in [0.15, 0.2) is 53.1 Å². The number of benzene rings is 1. The molecule has 8 heteroatoms. The molecule has 0 aliphatic heterocycles. The number of aromatic nitrogens is 3. The number of thiazole rings is 1. The fourth-order valence-electron chi connectivity index (χ4n) is 3.40. The molecule has 0 aliphatic carbocycles. The highest BCUT2D eigenvalue weighted by atomic mass is 32.1. The molecular formula is C22H19N5O2S. The van der Waals surface area contributed by atoms with Crippen LogP contribution in [0, 0.1) is 29.4 Å². The van der Waals surface area contributed by atoms with Gasteiger partial charge in [-0.1, -0.05) is 11.6 Å². The number of H-pyrrole nitrogens is 1. The number of nitro benzene ring substituents is 1. The maximum Gasteiger partial charge on any atom is 0.274 e. The Balaban J connectivity index is 1.89. The van der Waals surface area contributed by atoms with Crippen LogP contribution in [-0.2, 0) is 6.54 Å². The van der Waals surface area contributed by atoms with Gasteiger partial charge in [-0.15, -0.1) is 23.7 Å². The third-order valence-electron chi connectivity index (χ3n) is 4.79. The van der Waals surface area contributed by atoms with Gasteiger partial charge in [-0.3, -0.25) is 15.1 Å². The van der Waals surface area contributed by atoms with Crippen molar-refractivity contribution in [3.05, 3.63) is 74.1 Å². The van der Waals surface area contributed by atoms with Crippen LogP contribution in [-0.4, -0.2) is 26.0 Å². The van der Waals surface area contributed by atoms with E-state index < -0.39 is 0 Å². The fourth-order valence-corrected chi connectivity index (χ4v) is 4.32. The van der Waals surface area contributed by atoms with Gasteiger partial charge in [0.15, 0.2) is 4.80 Å². The standard InChI is InChI=1S/C22H19N5O2S/c1-3-4-9-24-22-26(13-16-11-15(2)7-8-19(16)27(28)29)20(14-30-22)18-12-25-21-17(18)6-5-10-23-21/h1,5-8,10-12,14H,4,9,13H2,2H3,(H,23,25). The minimum Gasteiger partial charge on any atom is -0.345 e. The highest BCUT2D eigenvalue weighted by Crippen LogP contribution is 2.29. The number of nitrogens with one attached hydrogen (secondary N) is 1. The minimum absolute atomic E-state index is 0.0976. The van der Waals surface area contributed by atoms with Crippen LogP contribution in [0.3, 0.4) is 0 Å². The first-order valence-electron chi connectivity index (χ1n) is 9.37. The van der Waals surface area contributed by atoms with Crippen LogP contribution in [0.25, 0.3) is 22.3 Å². The van der Waals surface area contributed by atoms with E-state index >= 15 is 0 Å². The molecular weight excluding hydrogens is 398 g/mol. The second kappa shape index (κ2) is 8.35. The summed E-state index contributed by atoms with van der Waals surface area (Å²) < 4.78 is 2.01. The summed E-state index contributed by atoms with van der Waals surface area (Å²) in [4.78, 5) is 24.2. The van der Waals surface area contributed by atoms with Crippen LogP contribution in [0.1, 0.15) is 17.5 Å².